The number of halogens is 1. The van der Waals surface area contributed by atoms with Gasteiger partial charge in [0.25, 0.3) is 0 Å². The predicted octanol–water partition coefficient (Wildman–Crippen LogP) is 3.29. The lowest BCUT2D eigenvalue weighted by Gasteiger charge is -2.03. The molecule has 3 rings (SSSR count). The van der Waals surface area contributed by atoms with Crippen LogP contribution in [-0.2, 0) is 19.4 Å². The minimum absolute atomic E-state index is 0.281. The van der Waals surface area contributed by atoms with E-state index in [0.717, 1.165) is 12.4 Å². The third-order valence-electron chi connectivity index (χ3n) is 2.87. The average Bonchev–Trinajstić information content (AvgIpc) is 2.86. The molecular formula is C12H12ClN3S. The molecule has 5 heteroatoms. The summed E-state index contributed by atoms with van der Waals surface area (Å²) in [7, 11) is 0. The van der Waals surface area contributed by atoms with Crippen LogP contribution in [0.3, 0.4) is 0 Å². The quantitative estimate of drug-likeness (QED) is 0.866. The van der Waals surface area contributed by atoms with Crippen LogP contribution in [0.25, 0.3) is 0 Å². The van der Waals surface area contributed by atoms with Crippen molar-refractivity contribution in [3.05, 3.63) is 38.9 Å². The SMILES string of the molecule is Clc1nccc(NCc2cc3c(s2)CCC3)n1. The van der Waals surface area contributed by atoms with Crippen LogP contribution in [0.4, 0.5) is 5.82 Å². The van der Waals surface area contributed by atoms with E-state index in [9.17, 15) is 0 Å². The topological polar surface area (TPSA) is 37.8 Å². The third-order valence-corrected chi connectivity index (χ3v) is 4.29. The number of rotatable bonds is 3. The number of aromatic nitrogens is 2. The van der Waals surface area contributed by atoms with E-state index in [1.165, 1.54) is 29.7 Å². The summed E-state index contributed by atoms with van der Waals surface area (Å²) in [6.07, 6.45) is 5.47. The Morgan fingerprint density at radius 2 is 2.35 bits per heavy atom. The first-order valence-electron chi connectivity index (χ1n) is 5.64. The largest absolute Gasteiger partial charge is 0.365 e. The number of hydrogen-bond donors (Lipinski definition) is 1. The Kier molecular flexibility index (Phi) is 2.99. The summed E-state index contributed by atoms with van der Waals surface area (Å²) in [6.45, 7) is 0.811. The molecule has 0 aromatic carbocycles. The van der Waals surface area contributed by atoms with Gasteiger partial charge in [-0.2, -0.15) is 0 Å². The van der Waals surface area contributed by atoms with Gasteiger partial charge in [0.2, 0.25) is 5.28 Å². The van der Waals surface area contributed by atoms with Crippen molar-refractivity contribution >= 4 is 28.8 Å². The van der Waals surface area contributed by atoms with Gasteiger partial charge in [-0.15, -0.1) is 11.3 Å². The molecule has 0 spiro atoms. The first-order valence-corrected chi connectivity index (χ1v) is 6.83. The lowest BCUT2D eigenvalue weighted by Crippen LogP contribution is -2.00. The van der Waals surface area contributed by atoms with Crippen LogP contribution < -0.4 is 5.32 Å². The van der Waals surface area contributed by atoms with Gasteiger partial charge in [-0.05, 0) is 48.6 Å². The van der Waals surface area contributed by atoms with Crippen LogP contribution in [-0.4, -0.2) is 9.97 Å². The van der Waals surface area contributed by atoms with E-state index in [0.29, 0.717) is 0 Å². The van der Waals surface area contributed by atoms with Gasteiger partial charge >= 0.3 is 0 Å². The normalized spacial score (nSPS) is 13.7. The molecule has 0 radical (unpaired) electrons. The third kappa shape index (κ3) is 2.42. The zero-order valence-corrected chi connectivity index (χ0v) is 10.8. The Labute approximate surface area is 109 Å². The highest BCUT2D eigenvalue weighted by Gasteiger charge is 2.14. The van der Waals surface area contributed by atoms with Crippen molar-refractivity contribution in [3.63, 3.8) is 0 Å². The minimum Gasteiger partial charge on any atom is -0.365 e. The summed E-state index contributed by atoms with van der Waals surface area (Å²) in [5, 5.41) is 3.55. The van der Waals surface area contributed by atoms with Crippen molar-refractivity contribution in [2.45, 2.75) is 25.8 Å². The Morgan fingerprint density at radius 3 is 3.18 bits per heavy atom. The molecule has 0 aliphatic heterocycles. The van der Waals surface area contributed by atoms with Crippen molar-refractivity contribution in [1.82, 2.24) is 9.97 Å². The number of thiophene rings is 1. The maximum absolute atomic E-state index is 5.73. The molecule has 0 saturated carbocycles. The van der Waals surface area contributed by atoms with Crippen LogP contribution >= 0.6 is 22.9 Å². The predicted molar refractivity (Wildman–Crippen MR) is 70.7 cm³/mol. The molecule has 3 nitrogen and oxygen atoms in total. The average molecular weight is 266 g/mol. The van der Waals surface area contributed by atoms with Gasteiger partial charge in [0.15, 0.2) is 0 Å². The summed E-state index contributed by atoms with van der Waals surface area (Å²) in [6, 6.07) is 4.13. The fraction of sp³-hybridized carbons (Fsp3) is 0.333. The van der Waals surface area contributed by atoms with Crippen molar-refractivity contribution in [1.29, 1.82) is 0 Å². The smallest absolute Gasteiger partial charge is 0.224 e. The number of anilines is 1. The molecule has 0 amide bonds. The molecule has 17 heavy (non-hydrogen) atoms. The molecule has 0 fully saturated rings. The number of nitrogens with zero attached hydrogens (tertiary/aromatic N) is 2. The maximum atomic E-state index is 5.73. The van der Waals surface area contributed by atoms with Crippen LogP contribution in [0.5, 0.6) is 0 Å². The first kappa shape index (κ1) is 11.0. The summed E-state index contributed by atoms with van der Waals surface area (Å²) in [4.78, 5) is 10.9. The Balaban J connectivity index is 1.67. The molecule has 2 heterocycles. The van der Waals surface area contributed by atoms with Gasteiger partial charge < -0.3 is 5.32 Å². The fourth-order valence-electron chi connectivity index (χ4n) is 2.09. The van der Waals surface area contributed by atoms with E-state index in [4.69, 9.17) is 11.6 Å². The lowest BCUT2D eigenvalue weighted by molar-refractivity contribution is 0.913. The standard InChI is InChI=1S/C12H12ClN3S/c13-12-14-5-4-11(16-12)15-7-9-6-8-2-1-3-10(8)17-9/h4-6H,1-3,7H2,(H,14,15,16). The van der Waals surface area contributed by atoms with Crippen LogP contribution in [0, 0.1) is 0 Å². The Hall–Kier alpha value is -1.13. The monoisotopic (exact) mass is 265 g/mol. The fourth-order valence-corrected chi connectivity index (χ4v) is 3.44. The number of nitrogens with one attached hydrogen (secondary N) is 1. The molecule has 2 aromatic rings. The number of fused-ring (bicyclic) bond motifs is 1. The second kappa shape index (κ2) is 4.63. The molecule has 0 unspecified atom stereocenters. The summed E-state index contributed by atoms with van der Waals surface area (Å²) >= 11 is 7.63. The van der Waals surface area contributed by atoms with E-state index in [1.807, 2.05) is 17.4 Å². The molecule has 1 N–H and O–H groups in total. The van der Waals surface area contributed by atoms with Crippen molar-refractivity contribution in [3.8, 4) is 0 Å². The van der Waals surface area contributed by atoms with Crippen LogP contribution in [0.15, 0.2) is 18.3 Å². The van der Waals surface area contributed by atoms with E-state index in [-0.39, 0.29) is 5.28 Å². The molecule has 1 aliphatic rings. The number of hydrogen-bond acceptors (Lipinski definition) is 4. The minimum atomic E-state index is 0.281. The summed E-state index contributed by atoms with van der Waals surface area (Å²) < 4.78 is 0. The van der Waals surface area contributed by atoms with Gasteiger partial charge in [-0.25, -0.2) is 9.97 Å². The van der Waals surface area contributed by atoms with E-state index in [2.05, 4.69) is 21.4 Å². The van der Waals surface area contributed by atoms with Crippen molar-refractivity contribution in [2.24, 2.45) is 0 Å². The van der Waals surface area contributed by atoms with Gasteiger partial charge in [0.05, 0.1) is 6.54 Å². The van der Waals surface area contributed by atoms with E-state index in [1.54, 1.807) is 11.1 Å². The zero-order valence-electron chi connectivity index (χ0n) is 9.24. The molecule has 0 bridgehead atoms. The lowest BCUT2D eigenvalue weighted by atomic mass is 10.2. The van der Waals surface area contributed by atoms with E-state index >= 15 is 0 Å². The van der Waals surface area contributed by atoms with Gasteiger partial charge in [-0.3, -0.25) is 0 Å². The summed E-state index contributed by atoms with van der Waals surface area (Å²) in [5.41, 5.74) is 1.53. The molecule has 0 atom stereocenters. The molecular weight excluding hydrogens is 254 g/mol. The second-order valence-corrected chi connectivity index (χ2v) is 5.64. The summed E-state index contributed by atoms with van der Waals surface area (Å²) in [5.74, 6) is 0.776. The molecule has 1 aliphatic carbocycles. The number of aryl methyl sites for hydroxylation is 2. The highest BCUT2D eigenvalue weighted by atomic mass is 35.5. The molecule has 0 saturated heterocycles. The molecule has 88 valence electrons. The van der Waals surface area contributed by atoms with Crippen molar-refractivity contribution in [2.75, 3.05) is 5.32 Å². The Bertz CT molecular complexity index is 517. The van der Waals surface area contributed by atoms with Crippen LogP contribution in [0.1, 0.15) is 21.7 Å². The zero-order chi connectivity index (χ0) is 11.7. The second-order valence-electron chi connectivity index (χ2n) is 4.08. The highest BCUT2D eigenvalue weighted by molar-refractivity contribution is 7.12. The van der Waals surface area contributed by atoms with Gasteiger partial charge in [0, 0.05) is 16.0 Å². The van der Waals surface area contributed by atoms with Gasteiger partial charge in [0.1, 0.15) is 5.82 Å². The van der Waals surface area contributed by atoms with Crippen molar-refractivity contribution < 1.29 is 0 Å². The van der Waals surface area contributed by atoms with Crippen LogP contribution in [0.2, 0.25) is 5.28 Å². The Morgan fingerprint density at radius 1 is 1.41 bits per heavy atom. The van der Waals surface area contributed by atoms with Gasteiger partial charge in [-0.1, -0.05) is 0 Å². The molecule has 2 aromatic heterocycles. The maximum Gasteiger partial charge on any atom is 0.224 e. The highest BCUT2D eigenvalue weighted by Crippen LogP contribution is 2.30. The van der Waals surface area contributed by atoms with E-state index < -0.39 is 0 Å². The first-order chi connectivity index (χ1) is 8.31.